The number of carbonyl (C=O) groups excluding carboxylic acids is 2. The minimum Gasteiger partial charge on any atom is -0.367 e. The van der Waals surface area contributed by atoms with E-state index in [9.17, 15) is 18.0 Å². The predicted octanol–water partition coefficient (Wildman–Crippen LogP) is 2.55. The number of sulfonamides is 1. The molecule has 10 heteroatoms. The summed E-state index contributed by atoms with van der Waals surface area (Å²) in [5.41, 5.74) is 2.61. The summed E-state index contributed by atoms with van der Waals surface area (Å²) in [5.74, 6) is -0.541. The molecule has 2 amide bonds. The molecule has 36 heavy (non-hydrogen) atoms. The van der Waals surface area contributed by atoms with Crippen molar-refractivity contribution in [2.45, 2.75) is 18.2 Å². The van der Waals surface area contributed by atoms with Crippen LogP contribution in [-0.4, -0.2) is 73.7 Å². The molecule has 9 nitrogen and oxygen atoms in total. The summed E-state index contributed by atoms with van der Waals surface area (Å²) in [6, 6.07) is 16.2. The van der Waals surface area contributed by atoms with Crippen LogP contribution in [0.4, 0.5) is 11.4 Å². The number of para-hydroxylation sites is 1. The lowest BCUT2D eigenvalue weighted by Gasteiger charge is -2.37. The quantitative estimate of drug-likeness (QED) is 0.569. The standard InChI is InChI=1S/C26H29N5O4S/c1-19(32)28-21-6-8-22(9-7-21)36(34,35)31-13-11-20(18-31)26(33)30-16-14-29(15-17-30)25-10-12-27-24-5-3-2-4-23(24)25/h2-10,12,20H,11,13-18H2,1H3,(H,28,32)/t20-/m0/s1. The Morgan fingerprint density at radius 1 is 0.944 bits per heavy atom. The number of nitrogens with one attached hydrogen (secondary N) is 1. The molecule has 2 aliphatic rings. The average Bonchev–Trinajstić information content (AvgIpc) is 3.39. The van der Waals surface area contributed by atoms with Gasteiger partial charge in [-0.3, -0.25) is 14.6 Å². The van der Waals surface area contributed by atoms with Gasteiger partial charge in [0.1, 0.15) is 0 Å². The third-order valence-electron chi connectivity index (χ3n) is 6.87. The Morgan fingerprint density at radius 3 is 2.39 bits per heavy atom. The summed E-state index contributed by atoms with van der Waals surface area (Å²) in [6.07, 6.45) is 2.33. The van der Waals surface area contributed by atoms with Gasteiger partial charge in [-0.15, -0.1) is 0 Å². The van der Waals surface area contributed by atoms with Crippen LogP contribution in [0.25, 0.3) is 10.9 Å². The number of carbonyl (C=O) groups is 2. The maximum atomic E-state index is 13.2. The van der Waals surface area contributed by atoms with Crippen LogP contribution in [0.15, 0.2) is 65.7 Å². The zero-order valence-electron chi connectivity index (χ0n) is 20.1. The first-order valence-corrected chi connectivity index (χ1v) is 13.5. The molecule has 2 aromatic carbocycles. The molecule has 3 heterocycles. The van der Waals surface area contributed by atoms with Crippen LogP contribution in [0, 0.1) is 5.92 Å². The summed E-state index contributed by atoms with van der Waals surface area (Å²) >= 11 is 0. The third-order valence-corrected chi connectivity index (χ3v) is 8.75. The van der Waals surface area contributed by atoms with Crippen LogP contribution in [0.2, 0.25) is 0 Å². The molecular formula is C26H29N5O4S. The number of aromatic nitrogens is 1. The van der Waals surface area contributed by atoms with E-state index in [1.165, 1.54) is 23.4 Å². The van der Waals surface area contributed by atoms with Crippen LogP contribution >= 0.6 is 0 Å². The first kappa shape index (κ1) is 24.2. The topological polar surface area (TPSA) is 103 Å². The third kappa shape index (κ3) is 4.78. The summed E-state index contributed by atoms with van der Waals surface area (Å²) in [5, 5.41) is 3.73. The molecule has 2 fully saturated rings. The number of pyridine rings is 1. The SMILES string of the molecule is CC(=O)Nc1ccc(S(=O)(=O)N2CC[C@H](C(=O)N3CCN(c4ccnc5ccccc45)CC3)C2)cc1. The summed E-state index contributed by atoms with van der Waals surface area (Å²) < 4.78 is 27.6. The number of hydrogen-bond acceptors (Lipinski definition) is 6. The molecule has 0 radical (unpaired) electrons. The van der Waals surface area contributed by atoms with E-state index in [0.29, 0.717) is 31.7 Å². The number of anilines is 2. The fraction of sp³-hybridized carbons (Fsp3) is 0.346. The normalized spacial score (nSPS) is 19.0. The largest absolute Gasteiger partial charge is 0.367 e. The molecule has 0 saturated carbocycles. The van der Waals surface area contributed by atoms with Gasteiger partial charge in [0.25, 0.3) is 0 Å². The first-order chi connectivity index (χ1) is 17.3. The molecule has 0 bridgehead atoms. The van der Waals surface area contributed by atoms with Crippen molar-refractivity contribution in [3.8, 4) is 0 Å². The van der Waals surface area contributed by atoms with Gasteiger partial charge in [-0.1, -0.05) is 18.2 Å². The Morgan fingerprint density at radius 2 is 1.67 bits per heavy atom. The van der Waals surface area contributed by atoms with E-state index < -0.39 is 10.0 Å². The molecule has 5 rings (SSSR count). The fourth-order valence-electron chi connectivity index (χ4n) is 4.99. The number of fused-ring (bicyclic) bond motifs is 1. The molecule has 3 aromatic rings. The van der Waals surface area contributed by atoms with E-state index in [-0.39, 0.29) is 29.2 Å². The Kier molecular flexibility index (Phi) is 6.63. The van der Waals surface area contributed by atoms with Crippen LogP contribution in [-0.2, 0) is 19.6 Å². The van der Waals surface area contributed by atoms with Crippen molar-refractivity contribution in [3.63, 3.8) is 0 Å². The Balaban J connectivity index is 1.20. The molecule has 2 saturated heterocycles. The van der Waals surface area contributed by atoms with E-state index in [1.54, 1.807) is 12.1 Å². The monoisotopic (exact) mass is 507 g/mol. The smallest absolute Gasteiger partial charge is 0.243 e. The highest BCUT2D eigenvalue weighted by Crippen LogP contribution is 2.29. The second kappa shape index (κ2) is 9.87. The van der Waals surface area contributed by atoms with Gasteiger partial charge >= 0.3 is 0 Å². The Hall–Kier alpha value is -3.50. The molecule has 0 unspecified atom stereocenters. The second-order valence-corrected chi connectivity index (χ2v) is 11.2. The van der Waals surface area contributed by atoms with Gasteiger partial charge in [-0.25, -0.2) is 8.42 Å². The van der Waals surface area contributed by atoms with Crippen molar-refractivity contribution >= 4 is 44.1 Å². The summed E-state index contributed by atoms with van der Waals surface area (Å²) in [7, 11) is -3.71. The van der Waals surface area contributed by atoms with Crippen LogP contribution in [0.3, 0.4) is 0 Å². The minimum atomic E-state index is -3.71. The molecule has 1 atom stereocenters. The highest BCUT2D eigenvalue weighted by Gasteiger charge is 2.38. The minimum absolute atomic E-state index is 0.0212. The number of rotatable bonds is 5. The lowest BCUT2D eigenvalue weighted by atomic mass is 10.1. The number of benzene rings is 2. The average molecular weight is 508 g/mol. The molecule has 188 valence electrons. The van der Waals surface area contributed by atoms with Crippen molar-refractivity contribution in [2.75, 3.05) is 49.5 Å². The Bertz CT molecular complexity index is 1380. The van der Waals surface area contributed by atoms with E-state index in [1.807, 2.05) is 35.4 Å². The maximum Gasteiger partial charge on any atom is 0.243 e. The fourth-order valence-corrected chi connectivity index (χ4v) is 6.49. The molecule has 1 N–H and O–H groups in total. The number of piperazine rings is 1. The van der Waals surface area contributed by atoms with Crippen LogP contribution < -0.4 is 10.2 Å². The maximum absolute atomic E-state index is 13.2. The number of hydrogen-bond donors (Lipinski definition) is 1. The van der Waals surface area contributed by atoms with Gasteiger partial charge in [0.05, 0.1) is 16.3 Å². The summed E-state index contributed by atoms with van der Waals surface area (Å²) in [6.45, 7) is 4.53. The Labute approximate surface area is 210 Å². The highest BCUT2D eigenvalue weighted by molar-refractivity contribution is 7.89. The van der Waals surface area contributed by atoms with Crippen molar-refractivity contribution in [2.24, 2.45) is 5.92 Å². The molecular weight excluding hydrogens is 478 g/mol. The van der Waals surface area contributed by atoms with Gasteiger partial charge in [0.15, 0.2) is 0 Å². The van der Waals surface area contributed by atoms with Gasteiger partial charge in [-0.2, -0.15) is 4.31 Å². The van der Waals surface area contributed by atoms with E-state index in [0.717, 1.165) is 29.7 Å². The van der Waals surface area contributed by atoms with E-state index in [2.05, 4.69) is 21.3 Å². The van der Waals surface area contributed by atoms with Crippen molar-refractivity contribution in [1.82, 2.24) is 14.2 Å². The van der Waals surface area contributed by atoms with Gasteiger partial charge in [0, 0.05) is 69.2 Å². The highest BCUT2D eigenvalue weighted by atomic mass is 32.2. The number of nitrogens with zero attached hydrogens (tertiary/aromatic N) is 4. The summed E-state index contributed by atoms with van der Waals surface area (Å²) in [4.78, 5) is 33.2. The lowest BCUT2D eigenvalue weighted by molar-refractivity contribution is -0.135. The first-order valence-electron chi connectivity index (χ1n) is 12.1. The van der Waals surface area contributed by atoms with E-state index >= 15 is 0 Å². The van der Waals surface area contributed by atoms with E-state index in [4.69, 9.17) is 0 Å². The number of amides is 2. The molecule has 0 spiro atoms. The van der Waals surface area contributed by atoms with Crippen molar-refractivity contribution in [3.05, 3.63) is 60.8 Å². The van der Waals surface area contributed by atoms with Crippen molar-refractivity contribution in [1.29, 1.82) is 0 Å². The van der Waals surface area contributed by atoms with Gasteiger partial charge in [-0.05, 0) is 42.8 Å². The van der Waals surface area contributed by atoms with Crippen LogP contribution in [0.5, 0.6) is 0 Å². The van der Waals surface area contributed by atoms with Crippen molar-refractivity contribution < 1.29 is 18.0 Å². The van der Waals surface area contributed by atoms with Gasteiger partial charge in [0.2, 0.25) is 21.8 Å². The predicted molar refractivity (Wildman–Crippen MR) is 138 cm³/mol. The van der Waals surface area contributed by atoms with Gasteiger partial charge < -0.3 is 15.1 Å². The molecule has 2 aliphatic heterocycles. The molecule has 1 aromatic heterocycles. The molecule has 0 aliphatic carbocycles. The zero-order valence-corrected chi connectivity index (χ0v) is 20.9. The second-order valence-electron chi connectivity index (χ2n) is 9.21. The zero-order chi connectivity index (χ0) is 25.3. The lowest BCUT2D eigenvalue weighted by Crippen LogP contribution is -2.50. The van der Waals surface area contributed by atoms with Crippen LogP contribution in [0.1, 0.15) is 13.3 Å².